The highest BCUT2D eigenvalue weighted by atomic mass is 32.2. The summed E-state index contributed by atoms with van der Waals surface area (Å²) in [6.45, 7) is 0.578. The number of nitro benzene ring substituents is 1. The Labute approximate surface area is 112 Å². The van der Waals surface area contributed by atoms with E-state index in [4.69, 9.17) is 0 Å². The van der Waals surface area contributed by atoms with Gasteiger partial charge in [-0.1, -0.05) is 0 Å². The summed E-state index contributed by atoms with van der Waals surface area (Å²) >= 11 is 0. The standard InChI is InChI=1S/C12H13N3O3S/c1-19(18)7-6-13-12-5-2-9-8-10(15(16)17)3-4-11(9)14-12/h2-5,8H,6-7H2,1H3,(H,13,14). The summed E-state index contributed by atoms with van der Waals surface area (Å²) in [6, 6.07) is 8.08. The average molecular weight is 279 g/mol. The molecule has 1 aromatic heterocycles. The minimum Gasteiger partial charge on any atom is -0.369 e. The van der Waals surface area contributed by atoms with Gasteiger partial charge in [-0.05, 0) is 18.2 Å². The van der Waals surface area contributed by atoms with Crippen molar-refractivity contribution in [1.82, 2.24) is 4.98 Å². The van der Waals surface area contributed by atoms with Crippen LogP contribution >= 0.6 is 0 Å². The second-order valence-corrected chi connectivity index (χ2v) is 5.59. The van der Waals surface area contributed by atoms with Gasteiger partial charge in [0, 0.05) is 46.9 Å². The van der Waals surface area contributed by atoms with Gasteiger partial charge in [-0.15, -0.1) is 0 Å². The molecule has 0 bridgehead atoms. The molecule has 0 aliphatic carbocycles. The van der Waals surface area contributed by atoms with Gasteiger partial charge in [0.25, 0.3) is 5.69 Å². The van der Waals surface area contributed by atoms with E-state index in [9.17, 15) is 14.3 Å². The summed E-state index contributed by atoms with van der Waals surface area (Å²) < 4.78 is 10.9. The molecule has 1 unspecified atom stereocenters. The predicted octanol–water partition coefficient (Wildman–Crippen LogP) is 1.93. The van der Waals surface area contributed by atoms with Crippen LogP contribution in [0.4, 0.5) is 11.5 Å². The van der Waals surface area contributed by atoms with Crippen molar-refractivity contribution < 1.29 is 9.13 Å². The molecule has 0 radical (unpaired) electrons. The van der Waals surface area contributed by atoms with Crippen LogP contribution < -0.4 is 5.32 Å². The van der Waals surface area contributed by atoms with Gasteiger partial charge in [0.1, 0.15) is 5.82 Å². The number of nitrogens with zero attached hydrogens (tertiary/aromatic N) is 2. The number of aromatic nitrogens is 1. The smallest absolute Gasteiger partial charge is 0.270 e. The third kappa shape index (κ3) is 3.47. The Balaban J connectivity index is 2.19. The molecule has 2 rings (SSSR count). The van der Waals surface area contributed by atoms with Crippen molar-refractivity contribution >= 4 is 33.2 Å². The number of nitrogens with one attached hydrogen (secondary N) is 1. The van der Waals surface area contributed by atoms with Crippen molar-refractivity contribution in [3.8, 4) is 0 Å². The highest BCUT2D eigenvalue weighted by Gasteiger charge is 2.07. The highest BCUT2D eigenvalue weighted by molar-refractivity contribution is 7.84. The highest BCUT2D eigenvalue weighted by Crippen LogP contribution is 2.20. The topological polar surface area (TPSA) is 85.1 Å². The Bertz CT molecular complexity index is 645. The van der Waals surface area contributed by atoms with E-state index in [1.165, 1.54) is 12.1 Å². The van der Waals surface area contributed by atoms with E-state index >= 15 is 0 Å². The van der Waals surface area contributed by atoms with Crippen LogP contribution in [-0.4, -0.2) is 32.7 Å². The monoisotopic (exact) mass is 279 g/mol. The summed E-state index contributed by atoms with van der Waals surface area (Å²) in [5.41, 5.74) is 0.740. The lowest BCUT2D eigenvalue weighted by molar-refractivity contribution is -0.384. The van der Waals surface area contributed by atoms with E-state index in [1.807, 2.05) is 0 Å². The van der Waals surface area contributed by atoms with Crippen molar-refractivity contribution in [2.45, 2.75) is 0 Å². The maximum Gasteiger partial charge on any atom is 0.270 e. The fourth-order valence-corrected chi connectivity index (χ4v) is 2.04. The van der Waals surface area contributed by atoms with Gasteiger partial charge in [-0.2, -0.15) is 0 Å². The number of benzene rings is 1. The zero-order chi connectivity index (χ0) is 13.8. The summed E-state index contributed by atoms with van der Waals surface area (Å²) in [7, 11) is -0.840. The first-order valence-electron chi connectivity index (χ1n) is 5.65. The molecular weight excluding hydrogens is 266 g/mol. The fraction of sp³-hybridized carbons (Fsp3) is 0.250. The van der Waals surface area contributed by atoms with Crippen LogP contribution in [0.2, 0.25) is 0 Å². The molecule has 19 heavy (non-hydrogen) atoms. The molecule has 0 saturated carbocycles. The summed E-state index contributed by atoms with van der Waals surface area (Å²) in [6.07, 6.45) is 1.65. The fourth-order valence-electron chi connectivity index (χ4n) is 1.65. The van der Waals surface area contributed by atoms with Crippen molar-refractivity contribution in [2.75, 3.05) is 23.9 Å². The first-order valence-corrected chi connectivity index (χ1v) is 7.38. The first-order chi connectivity index (χ1) is 9.06. The Kier molecular flexibility index (Phi) is 4.06. The van der Waals surface area contributed by atoms with Crippen LogP contribution in [-0.2, 0) is 10.8 Å². The SMILES string of the molecule is CS(=O)CCNc1ccc2cc([N+](=O)[O-])ccc2n1. The first kappa shape index (κ1) is 13.4. The third-order valence-electron chi connectivity index (χ3n) is 2.58. The average Bonchev–Trinajstić information content (AvgIpc) is 2.37. The molecule has 0 spiro atoms. The van der Waals surface area contributed by atoms with Crippen LogP contribution in [0.3, 0.4) is 0 Å². The van der Waals surface area contributed by atoms with Crippen LogP contribution in [0.1, 0.15) is 0 Å². The molecule has 1 atom stereocenters. The number of hydrogen-bond acceptors (Lipinski definition) is 5. The molecule has 1 heterocycles. The van der Waals surface area contributed by atoms with Gasteiger partial charge >= 0.3 is 0 Å². The van der Waals surface area contributed by atoms with E-state index < -0.39 is 15.7 Å². The van der Waals surface area contributed by atoms with E-state index in [0.717, 1.165) is 5.39 Å². The van der Waals surface area contributed by atoms with Crippen LogP contribution in [0.25, 0.3) is 10.9 Å². The lowest BCUT2D eigenvalue weighted by Crippen LogP contribution is -2.10. The number of fused-ring (bicyclic) bond motifs is 1. The number of hydrogen-bond donors (Lipinski definition) is 1. The third-order valence-corrected chi connectivity index (χ3v) is 3.36. The molecule has 100 valence electrons. The molecular formula is C12H13N3O3S. The number of anilines is 1. The van der Waals surface area contributed by atoms with Crippen molar-refractivity contribution in [3.63, 3.8) is 0 Å². The summed E-state index contributed by atoms with van der Waals surface area (Å²) in [5.74, 6) is 1.23. The largest absolute Gasteiger partial charge is 0.369 e. The van der Waals surface area contributed by atoms with E-state index in [0.29, 0.717) is 23.6 Å². The Morgan fingerprint density at radius 2 is 2.16 bits per heavy atom. The molecule has 0 amide bonds. The van der Waals surface area contributed by atoms with E-state index in [2.05, 4.69) is 10.3 Å². The molecule has 1 aromatic carbocycles. The zero-order valence-electron chi connectivity index (χ0n) is 10.3. The van der Waals surface area contributed by atoms with Gasteiger partial charge in [0.15, 0.2) is 0 Å². The minimum atomic E-state index is -0.840. The van der Waals surface area contributed by atoms with Crippen molar-refractivity contribution in [1.29, 1.82) is 0 Å². The van der Waals surface area contributed by atoms with E-state index in [1.54, 1.807) is 24.5 Å². The minimum absolute atomic E-state index is 0.0522. The van der Waals surface area contributed by atoms with Crippen LogP contribution in [0.5, 0.6) is 0 Å². The molecule has 1 N–H and O–H groups in total. The maximum absolute atomic E-state index is 10.9. The number of rotatable bonds is 5. The van der Waals surface area contributed by atoms with Gasteiger partial charge in [0.2, 0.25) is 0 Å². The normalized spacial score (nSPS) is 12.3. The zero-order valence-corrected chi connectivity index (χ0v) is 11.1. The Morgan fingerprint density at radius 1 is 1.37 bits per heavy atom. The summed E-state index contributed by atoms with van der Waals surface area (Å²) in [5, 5.41) is 14.4. The lowest BCUT2D eigenvalue weighted by Gasteiger charge is -2.05. The second kappa shape index (κ2) is 5.75. The number of non-ortho nitro benzene ring substituents is 1. The molecule has 0 aliphatic rings. The van der Waals surface area contributed by atoms with Crippen LogP contribution in [0, 0.1) is 10.1 Å². The van der Waals surface area contributed by atoms with Gasteiger partial charge < -0.3 is 5.32 Å². The molecule has 2 aromatic rings. The summed E-state index contributed by atoms with van der Waals surface area (Å²) in [4.78, 5) is 14.6. The van der Waals surface area contributed by atoms with E-state index in [-0.39, 0.29) is 5.69 Å². The molecule has 0 fully saturated rings. The Hall–Kier alpha value is -2.02. The van der Waals surface area contributed by atoms with Gasteiger partial charge in [0.05, 0.1) is 10.4 Å². The molecule has 7 heteroatoms. The molecule has 6 nitrogen and oxygen atoms in total. The van der Waals surface area contributed by atoms with Crippen LogP contribution in [0.15, 0.2) is 30.3 Å². The number of nitro groups is 1. The Morgan fingerprint density at radius 3 is 2.84 bits per heavy atom. The van der Waals surface area contributed by atoms with Gasteiger partial charge in [-0.25, -0.2) is 4.98 Å². The quantitative estimate of drug-likeness (QED) is 0.667. The molecule has 0 aliphatic heterocycles. The lowest BCUT2D eigenvalue weighted by atomic mass is 10.2. The van der Waals surface area contributed by atoms with Gasteiger partial charge in [-0.3, -0.25) is 14.3 Å². The second-order valence-electron chi connectivity index (χ2n) is 4.03. The predicted molar refractivity (Wildman–Crippen MR) is 75.8 cm³/mol. The maximum atomic E-state index is 10.9. The molecule has 0 saturated heterocycles. The van der Waals surface area contributed by atoms with Crippen molar-refractivity contribution in [2.24, 2.45) is 0 Å². The number of pyridine rings is 1. The van der Waals surface area contributed by atoms with Crippen molar-refractivity contribution in [3.05, 3.63) is 40.4 Å².